The number of nitrogens with zero attached hydrogens (tertiary/aromatic N) is 1. The molecule has 1 atom stereocenters. The third-order valence-electron chi connectivity index (χ3n) is 3.21. The molecular weight excluding hydrogens is 198 g/mol. The van der Waals surface area contributed by atoms with Crippen molar-refractivity contribution in [3.8, 4) is 0 Å². The predicted molar refractivity (Wildman–Crippen MR) is 66.5 cm³/mol. The fraction of sp³-hybridized carbons (Fsp3) is 0.462. The number of benzene rings is 1. The van der Waals surface area contributed by atoms with Crippen LogP contribution in [0.4, 0.5) is 0 Å². The number of hydrogen-bond donors (Lipinski definition) is 2. The smallest absolute Gasteiger partial charge is 0.123 e. The summed E-state index contributed by atoms with van der Waals surface area (Å²) in [5, 5.41) is 7.55. The molecule has 3 N–H and O–H groups in total. The Labute approximate surface area is 96.8 Å². The molecule has 1 unspecified atom stereocenters. The van der Waals surface area contributed by atoms with Gasteiger partial charge < -0.3 is 5.73 Å². The number of nitrogens with two attached hydrogens (primary N) is 1. The van der Waals surface area contributed by atoms with E-state index in [9.17, 15) is 0 Å². The van der Waals surface area contributed by atoms with Crippen LogP contribution in [0.1, 0.15) is 24.5 Å². The molecule has 0 radical (unpaired) electrons. The van der Waals surface area contributed by atoms with Crippen molar-refractivity contribution in [1.29, 1.82) is 5.41 Å². The molecule has 1 fully saturated rings. The monoisotopic (exact) mass is 217 g/mol. The number of rotatable bonds is 3. The minimum absolute atomic E-state index is 0.169. The van der Waals surface area contributed by atoms with E-state index in [1.54, 1.807) is 0 Å². The van der Waals surface area contributed by atoms with Crippen molar-refractivity contribution < 1.29 is 0 Å². The highest BCUT2D eigenvalue weighted by Gasteiger charge is 2.19. The van der Waals surface area contributed by atoms with Crippen molar-refractivity contribution in [3.05, 3.63) is 35.4 Å². The van der Waals surface area contributed by atoms with Gasteiger partial charge in [-0.05, 0) is 24.4 Å². The van der Waals surface area contributed by atoms with Gasteiger partial charge in [0.05, 0.1) is 0 Å². The molecule has 2 rings (SSSR count). The van der Waals surface area contributed by atoms with Crippen LogP contribution in [0, 0.1) is 11.3 Å². The molecule has 0 aliphatic carbocycles. The predicted octanol–water partition coefficient (Wildman–Crippen LogP) is 1.81. The molecule has 1 aliphatic rings. The Hall–Kier alpha value is -1.35. The van der Waals surface area contributed by atoms with Crippen LogP contribution in [0.3, 0.4) is 0 Å². The third-order valence-corrected chi connectivity index (χ3v) is 3.21. The summed E-state index contributed by atoms with van der Waals surface area (Å²) >= 11 is 0. The summed E-state index contributed by atoms with van der Waals surface area (Å²) < 4.78 is 0. The molecule has 1 saturated heterocycles. The molecule has 0 amide bonds. The molecule has 86 valence electrons. The normalized spacial score (nSPS) is 21.2. The van der Waals surface area contributed by atoms with Crippen LogP contribution in [-0.2, 0) is 6.54 Å². The number of likely N-dealkylation sites (tertiary alicyclic amines) is 1. The largest absolute Gasteiger partial charge is 0.384 e. The third kappa shape index (κ3) is 2.42. The van der Waals surface area contributed by atoms with Crippen LogP contribution >= 0.6 is 0 Å². The zero-order chi connectivity index (χ0) is 11.5. The van der Waals surface area contributed by atoms with E-state index < -0.39 is 0 Å². The summed E-state index contributed by atoms with van der Waals surface area (Å²) in [6, 6.07) is 7.95. The molecule has 1 heterocycles. The molecule has 0 saturated carbocycles. The highest BCUT2D eigenvalue weighted by atomic mass is 15.1. The standard InChI is InChI=1S/C13H19N3/c1-10-6-7-16(8-10)9-11-4-2-3-5-12(11)13(14)15/h2-5,10H,6-9H2,1H3,(H3,14,15). The lowest BCUT2D eigenvalue weighted by molar-refractivity contribution is 0.320. The van der Waals surface area contributed by atoms with Crippen molar-refractivity contribution >= 4 is 5.84 Å². The molecule has 3 heteroatoms. The lowest BCUT2D eigenvalue weighted by atomic mass is 10.1. The quantitative estimate of drug-likeness (QED) is 0.599. The fourth-order valence-electron chi connectivity index (χ4n) is 2.33. The van der Waals surface area contributed by atoms with Gasteiger partial charge in [-0.3, -0.25) is 10.3 Å². The van der Waals surface area contributed by atoms with Gasteiger partial charge in [-0.25, -0.2) is 0 Å². The van der Waals surface area contributed by atoms with E-state index in [1.807, 2.05) is 18.2 Å². The van der Waals surface area contributed by atoms with Crippen LogP contribution in [0.25, 0.3) is 0 Å². The van der Waals surface area contributed by atoms with Crippen LogP contribution in [0.5, 0.6) is 0 Å². The number of nitrogen functional groups attached to an aromatic ring is 1. The number of hydrogen-bond acceptors (Lipinski definition) is 2. The molecular formula is C13H19N3. The lowest BCUT2D eigenvalue weighted by Gasteiger charge is -2.17. The average Bonchev–Trinajstić information content (AvgIpc) is 2.64. The Morgan fingerprint density at radius 1 is 1.50 bits per heavy atom. The van der Waals surface area contributed by atoms with Crippen molar-refractivity contribution in [2.24, 2.45) is 11.7 Å². The Balaban J connectivity index is 2.12. The van der Waals surface area contributed by atoms with Gasteiger partial charge in [0.15, 0.2) is 0 Å². The SMILES string of the molecule is CC1CCN(Cc2ccccc2C(=N)N)C1. The zero-order valence-corrected chi connectivity index (χ0v) is 9.74. The van der Waals surface area contributed by atoms with Gasteiger partial charge in [0.25, 0.3) is 0 Å². The lowest BCUT2D eigenvalue weighted by Crippen LogP contribution is -2.22. The first-order chi connectivity index (χ1) is 7.66. The van der Waals surface area contributed by atoms with E-state index in [0.717, 1.165) is 31.1 Å². The Kier molecular flexibility index (Phi) is 3.25. The van der Waals surface area contributed by atoms with Gasteiger partial charge >= 0.3 is 0 Å². The highest BCUT2D eigenvalue weighted by Crippen LogP contribution is 2.19. The maximum absolute atomic E-state index is 7.55. The summed E-state index contributed by atoms with van der Waals surface area (Å²) in [6.45, 7) is 5.52. The van der Waals surface area contributed by atoms with E-state index >= 15 is 0 Å². The van der Waals surface area contributed by atoms with Crippen LogP contribution in [-0.4, -0.2) is 23.8 Å². The summed E-state index contributed by atoms with van der Waals surface area (Å²) in [6.07, 6.45) is 1.28. The Morgan fingerprint density at radius 2 is 2.25 bits per heavy atom. The van der Waals surface area contributed by atoms with Gasteiger partial charge in [-0.2, -0.15) is 0 Å². The van der Waals surface area contributed by atoms with Crippen LogP contribution < -0.4 is 5.73 Å². The van der Waals surface area contributed by atoms with Gasteiger partial charge in [-0.1, -0.05) is 31.2 Å². The fourth-order valence-corrected chi connectivity index (χ4v) is 2.33. The van der Waals surface area contributed by atoms with Gasteiger partial charge in [0.2, 0.25) is 0 Å². The van der Waals surface area contributed by atoms with Crippen LogP contribution in [0.2, 0.25) is 0 Å². The summed E-state index contributed by atoms with van der Waals surface area (Å²) in [4.78, 5) is 2.44. The second kappa shape index (κ2) is 4.66. The van der Waals surface area contributed by atoms with Crippen LogP contribution in [0.15, 0.2) is 24.3 Å². The maximum atomic E-state index is 7.55. The minimum atomic E-state index is 0.169. The minimum Gasteiger partial charge on any atom is -0.384 e. The molecule has 16 heavy (non-hydrogen) atoms. The first-order valence-electron chi connectivity index (χ1n) is 5.81. The van der Waals surface area contributed by atoms with Crippen molar-refractivity contribution in [1.82, 2.24) is 4.90 Å². The summed E-state index contributed by atoms with van der Waals surface area (Å²) in [7, 11) is 0. The molecule has 1 aromatic carbocycles. The number of amidine groups is 1. The highest BCUT2D eigenvalue weighted by molar-refractivity contribution is 5.96. The molecule has 0 spiro atoms. The summed E-state index contributed by atoms with van der Waals surface area (Å²) in [5.74, 6) is 0.965. The molecule has 1 aromatic rings. The molecule has 0 bridgehead atoms. The van der Waals surface area contributed by atoms with Crippen molar-refractivity contribution in [2.75, 3.05) is 13.1 Å². The van der Waals surface area contributed by atoms with E-state index in [2.05, 4.69) is 17.9 Å². The first kappa shape index (κ1) is 11.1. The molecule has 3 nitrogen and oxygen atoms in total. The second-order valence-corrected chi connectivity index (χ2v) is 4.70. The van der Waals surface area contributed by atoms with Crippen molar-refractivity contribution in [3.63, 3.8) is 0 Å². The average molecular weight is 217 g/mol. The first-order valence-corrected chi connectivity index (χ1v) is 5.81. The molecule has 0 aromatic heterocycles. The molecule has 1 aliphatic heterocycles. The van der Waals surface area contributed by atoms with E-state index in [0.29, 0.717) is 0 Å². The van der Waals surface area contributed by atoms with E-state index in [4.69, 9.17) is 11.1 Å². The number of nitrogens with one attached hydrogen (secondary N) is 1. The Bertz CT molecular complexity index is 387. The Morgan fingerprint density at radius 3 is 2.88 bits per heavy atom. The van der Waals surface area contributed by atoms with E-state index in [1.165, 1.54) is 12.0 Å². The van der Waals surface area contributed by atoms with Gasteiger partial charge in [0.1, 0.15) is 5.84 Å². The second-order valence-electron chi connectivity index (χ2n) is 4.70. The zero-order valence-electron chi connectivity index (χ0n) is 9.74. The van der Waals surface area contributed by atoms with Crippen molar-refractivity contribution in [2.45, 2.75) is 19.9 Å². The van der Waals surface area contributed by atoms with Gasteiger partial charge in [0, 0.05) is 18.7 Å². The topological polar surface area (TPSA) is 53.1 Å². The maximum Gasteiger partial charge on any atom is 0.123 e. The van der Waals surface area contributed by atoms with Gasteiger partial charge in [-0.15, -0.1) is 0 Å². The summed E-state index contributed by atoms with van der Waals surface area (Å²) in [5.41, 5.74) is 7.63. The van der Waals surface area contributed by atoms with E-state index in [-0.39, 0.29) is 5.84 Å².